The highest BCUT2D eigenvalue weighted by Gasteiger charge is 2.35. The Hall–Kier alpha value is -0.960. The molecule has 0 atom stereocenters. The molecule has 78 valence electrons. The Bertz CT molecular complexity index is 262. The van der Waals surface area contributed by atoms with Gasteiger partial charge in [0, 0.05) is 24.7 Å². The highest BCUT2D eigenvalue weighted by Crippen LogP contribution is 2.40. The predicted molar refractivity (Wildman–Crippen MR) is 59.5 cm³/mol. The number of anilines is 1. The zero-order valence-corrected chi connectivity index (χ0v) is 8.77. The molecule has 1 fully saturated rings. The summed E-state index contributed by atoms with van der Waals surface area (Å²) in [5, 5.41) is 6.75. The molecule has 3 nitrogen and oxygen atoms in total. The quantitative estimate of drug-likeness (QED) is 0.667. The Morgan fingerprint density at radius 2 is 2.29 bits per heavy atom. The first-order chi connectivity index (χ1) is 6.85. The fraction of sp³-hybridized carbons (Fsp3) is 0.636. The van der Waals surface area contributed by atoms with Crippen LogP contribution in [0.2, 0.25) is 0 Å². The number of aromatic nitrogens is 1. The molecule has 1 heterocycles. The Morgan fingerprint density at radius 1 is 1.43 bits per heavy atom. The molecule has 0 bridgehead atoms. The summed E-state index contributed by atoms with van der Waals surface area (Å²) in [5.41, 5.74) is 0.500. The Labute approximate surface area is 85.3 Å². The van der Waals surface area contributed by atoms with Crippen LogP contribution in [0.5, 0.6) is 0 Å². The third kappa shape index (κ3) is 1.93. The van der Waals surface area contributed by atoms with E-state index in [1.165, 1.54) is 19.3 Å². The van der Waals surface area contributed by atoms with Gasteiger partial charge in [-0.3, -0.25) is 0 Å². The zero-order valence-electron chi connectivity index (χ0n) is 8.77. The van der Waals surface area contributed by atoms with E-state index in [2.05, 4.69) is 21.7 Å². The number of hydrogen-bond acceptors (Lipinski definition) is 2. The SMILES string of the molecule is CNCC1(CNc2ccc[nH]2)CCC1. The molecule has 0 spiro atoms. The predicted octanol–water partition coefficient (Wildman–Crippen LogP) is 1.82. The van der Waals surface area contributed by atoms with Crippen LogP contribution < -0.4 is 10.6 Å². The lowest BCUT2D eigenvalue weighted by atomic mass is 9.68. The molecule has 1 saturated carbocycles. The lowest BCUT2D eigenvalue weighted by Gasteiger charge is -2.42. The second kappa shape index (κ2) is 4.05. The van der Waals surface area contributed by atoms with Gasteiger partial charge in [-0.25, -0.2) is 0 Å². The summed E-state index contributed by atoms with van der Waals surface area (Å²) in [6.07, 6.45) is 6.03. The minimum atomic E-state index is 0.500. The van der Waals surface area contributed by atoms with Crippen LogP contribution in [0.15, 0.2) is 18.3 Å². The molecule has 2 rings (SSSR count). The van der Waals surface area contributed by atoms with Crippen LogP contribution in [0, 0.1) is 5.41 Å². The number of rotatable bonds is 5. The molecule has 3 N–H and O–H groups in total. The highest BCUT2D eigenvalue weighted by atomic mass is 15.0. The Kier molecular flexibility index (Phi) is 2.77. The third-order valence-electron chi connectivity index (χ3n) is 3.22. The summed E-state index contributed by atoms with van der Waals surface area (Å²) < 4.78 is 0. The van der Waals surface area contributed by atoms with Gasteiger partial charge in [-0.05, 0) is 32.0 Å². The van der Waals surface area contributed by atoms with E-state index in [0.29, 0.717) is 5.41 Å². The summed E-state index contributed by atoms with van der Waals surface area (Å²) in [5.74, 6) is 1.13. The zero-order chi connectivity index (χ0) is 9.86. The Balaban J connectivity index is 1.83. The molecular formula is C11H19N3. The van der Waals surface area contributed by atoms with Crippen molar-refractivity contribution in [3.8, 4) is 0 Å². The molecular weight excluding hydrogens is 174 g/mol. The van der Waals surface area contributed by atoms with Crippen molar-refractivity contribution < 1.29 is 0 Å². The van der Waals surface area contributed by atoms with Crippen molar-refractivity contribution >= 4 is 5.82 Å². The molecule has 1 aromatic rings. The fourth-order valence-corrected chi connectivity index (χ4v) is 2.19. The summed E-state index contributed by atoms with van der Waals surface area (Å²) in [6.45, 7) is 2.20. The van der Waals surface area contributed by atoms with E-state index in [4.69, 9.17) is 0 Å². The molecule has 0 aromatic carbocycles. The number of nitrogens with one attached hydrogen (secondary N) is 3. The van der Waals surface area contributed by atoms with Crippen molar-refractivity contribution in [3.63, 3.8) is 0 Å². The van der Waals surface area contributed by atoms with E-state index in [-0.39, 0.29) is 0 Å². The first-order valence-electron chi connectivity index (χ1n) is 5.37. The molecule has 14 heavy (non-hydrogen) atoms. The van der Waals surface area contributed by atoms with Gasteiger partial charge in [0.2, 0.25) is 0 Å². The largest absolute Gasteiger partial charge is 0.371 e. The maximum atomic E-state index is 3.46. The van der Waals surface area contributed by atoms with Crippen LogP contribution in [0.3, 0.4) is 0 Å². The van der Waals surface area contributed by atoms with Crippen LogP contribution in [0.1, 0.15) is 19.3 Å². The van der Waals surface area contributed by atoms with E-state index >= 15 is 0 Å². The molecule has 0 aliphatic heterocycles. The summed E-state index contributed by atoms with van der Waals surface area (Å²) in [4.78, 5) is 3.17. The van der Waals surface area contributed by atoms with Crippen LogP contribution in [0.4, 0.5) is 5.82 Å². The van der Waals surface area contributed by atoms with Crippen molar-refractivity contribution in [3.05, 3.63) is 18.3 Å². The summed E-state index contributed by atoms with van der Waals surface area (Å²) in [7, 11) is 2.04. The minimum Gasteiger partial charge on any atom is -0.371 e. The highest BCUT2D eigenvalue weighted by molar-refractivity contribution is 5.34. The minimum absolute atomic E-state index is 0.500. The van der Waals surface area contributed by atoms with Crippen molar-refractivity contribution in [2.45, 2.75) is 19.3 Å². The standard InChI is InChI=1S/C11H19N3/c1-12-8-11(5-3-6-11)9-14-10-4-2-7-13-10/h2,4,7,12-14H,3,5-6,8-9H2,1H3. The smallest absolute Gasteiger partial charge is 0.103 e. The van der Waals surface area contributed by atoms with Gasteiger partial charge in [0.15, 0.2) is 0 Å². The van der Waals surface area contributed by atoms with Crippen molar-refractivity contribution in [2.75, 3.05) is 25.5 Å². The maximum absolute atomic E-state index is 3.46. The molecule has 0 unspecified atom stereocenters. The monoisotopic (exact) mass is 193 g/mol. The van der Waals surface area contributed by atoms with Gasteiger partial charge < -0.3 is 15.6 Å². The first-order valence-corrected chi connectivity index (χ1v) is 5.37. The molecule has 0 amide bonds. The van der Waals surface area contributed by atoms with Crippen molar-refractivity contribution in [1.82, 2.24) is 10.3 Å². The van der Waals surface area contributed by atoms with Gasteiger partial charge in [-0.15, -0.1) is 0 Å². The maximum Gasteiger partial charge on any atom is 0.103 e. The average molecular weight is 193 g/mol. The average Bonchev–Trinajstić information content (AvgIpc) is 2.62. The van der Waals surface area contributed by atoms with Gasteiger partial charge in [0.05, 0.1) is 0 Å². The van der Waals surface area contributed by atoms with Gasteiger partial charge in [-0.2, -0.15) is 0 Å². The van der Waals surface area contributed by atoms with E-state index in [1.54, 1.807) is 0 Å². The van der Waals surface area contributed by atoms with Gasteiger partial charge in [0.1, 0.15) is 5.82 Å². The molecule has 1 aromatic heterocycles. The van der Waals surface area contributed by atoms with E-state index in [9.17, 15) is 0 Å². The van der Waals surface area contributed by atoms with Crippen LogP contribution in [-0.2, 0) is 0 Å². The molecule has 3 heteroatoms. The van der Waals surface area contributed by atoms with E-state index in [0.717, 1.165) is 18.9 Å². The van der Waals surface area contributed by atoms with Crippen molar-refractivity contribution in [2.24, 2.45) is 5.41 Å². The summed E-state index contributed by atoms with van der Waals surface area (Å²) >= 11 is 0. The normalized spacial score (nSPS) is 18.9. The number of aromatic amines is 1. The third-order valence-corrected chi connectivity index (χ3v) is 3.22. The Morgan fingerprint density at radius 3 is 2.79 bits per heavy atom. The van der Waals surface area contributed by atoms with Crippen LogP contribution in [-0.4, -0.2) is 25.1 Å². The topological polar surface area (TPSA) is 39.8 Å². The van der Waals surface area contributed by atoms with Crippen LogP contribution >= 0.6 is 0 Å². The second-order valence-electron chi connectivity index (χ2n) is 4.32. The first kappa shape index (κ1) is 9.59. The van der Waals surface area contributed by atoms with Crippen LogP contribution in [0.25, 0.3) is 0 Å². The van der Waals surface area contributed by atoms with Gasteiger partial charge >= 0.3 is 0 Å². The van der Waals surface area contributed by atoms with Crippen molar-refractivity contribution in [1.29, 1.82) is 0 Å². The summed E-state index contributed by atoms with van der Waals surface area (Å²) in [6, 6.07) is 4.10. The molecule has 1 aliphatic carbocycles. The molecule has 1 aliphatic rings. The molecule has 0 saturated heterocycles. The lowest BCUT2D eigenvalue weighted by molar-refractivity contribution is 0.151. The molecule has 0 radical (unpaired) electrons. The van der Waals surface area contributed by atoms with Gasteiger partial charge in [0.25, 0.3) is 0 Å². The van der Waals surface area contributed by atoms with E-state index in [1.807, 2.05) is 19.3 Å². The lowest BCUT2D eigenvalue weighted by Crippen LogP contribution is -2.44. The fourth-order valence-electron chi connectivity index (χ4n) is 2.19. The number of H-pyrrole nitrogens is 1. The van der Waals surface area contributed by atoms with Gasteiger partial charge in [-0.1, -0.05) is 6.42 Å². The second-order valence-corrected chi connectivity index (χ2v) is 4.32. The van der Waals surface area contributed by atoms with E-state index < -0.39 is 0 Å². The number of hydrogen-bond donors (Lipinski definition) is 3.